The van der Waals surface area contributed by atoms with Gasteiger partial charge in [0.05, 0.1) is 28.5 Å². The summed E-state index contributed by atoms with van der Waals surface area (Å²) in [4.78, 5) is 38.4. The molecule has 0 bridgehead atoms. The van der Waals surface area contributed by atoms with E-state index < -0.39 is 10.0 Å². The lowest BCUT2D eigenvalue weighted by Gasteiger charge is -2.30. The number of nitrogens with zero attached hydrogens (tertiary/aromatic N) is 2. The minimum Gasteiger partial charge on any atom is -0.465 e. The van der Waals surface area contributed by atoms with Crippen LogP contribution >= 0.6 is 11.6 Å². The summed E-state index contributed by atoms with van der Waals surface area (Å²) in [5.41, 5.74) is 0.777. The zero-order valence-electron chi connectivity index (χ0n) is 17.8. The first-order valence-electron chi connectivity index (χ1n) is 10.7. The summed E-state index contributed by atoms with van der Waals surface area (Å²) in [7, 11) is -3.64. The van der Waals surface area contributed by atoms with E-state index in [2.05, 4.69) is 0 Å². The van der Waals surface area contributed by atoms with Crippen molar-refractivity contribution in [3.05, 3.63) is 64.7 Å². The number of fused-ring (bicyclic) bond motifs is 1. The normalized spacial score (nSPS) is 17.3. The van der Waals surface area contributed by atoms with Gasteiger partial charge in [-0.05, 0) is 55.7 Å². The van der Waals surface area contributed by atoms with E-state index in [4.69, 9.17) is 16.3 Å². The van der Waals surface area contributed by atoms with Crippen LogP contribution in [0.15, 0.2) is 53.4 Å². The van der Waals surface area contributed by atoms with Gasteiger partial charge in [0, 0.05) is 24.7 Å². The highest BCUT2D eigenvalue weighted by atomic mass is 35.5. The van der Waals surface area contributed by atoms with Crippen LogP contribution in [0.3, 0.4) is 0 Å². The van der Waals surface area contributed by atoms with E-state index in [0.29, 0.717) is 35.4 Å². The Balaban J connectivity index is 1.22. The molecule has 2 aliphatic heterocycles. The molecule has 1 saturated heterocycles. The van der Waals surface area contributed by atoms with E-state index in [0.717, 1.165) is 0 Å². The van der Waals surface area contributed by atoms with E-state index in [1.54, 1.807) is 24.3 Å². The number of ether oxygens (including phenoxy) is 1. The molecule has 0 spiro atoms. The maximum absolute atomic E-state index is 12.8. The molecule has 4 rings (SSSR count). The van der Waals surface area contributed by atoms with Crippen molar-refractivity contribution in [3.8, 4) is 0 Å². The second-order valence-corrected chi connectivity index (χ2v) is 10.3. The molecule has 10 heteroatoms. The molecule has 2 heterocycles. The van der Waals surface area contributed by atoms with Gasteiger partial charge in [-0.1, -0.05) is 23.7 Å². The molecule has 0 aromatic heterocycles. The molecule has 0 N–H and O–H groups in total. The van der Waals surface area contributed by atoms with Gasteiger partial charge in [0.1, 0.15) is 0 Å². The van der Waals surface area contributed by atoms with Crippen molar-refractivity contribution in [2.24, 2.45) is 5.92 Å². The predicted octanol–water partition coefficient (Wildman–Crippen LogP) is 2.97. The summed E-state index contributed by atoms with van der Waals surface area (Å²) >= 11 is 5.83. The fourth-order valence-corrected chi connectivity index (χ4v) is 5.64. The number of hydrogen-bond acceptors (Lipinski definition) is 6. The Morgan fingerprint density at radius 1 is 0.970 bits per heavy atom. The second-order valence-electron chi connectivity index (χ2n) is 7.96. The fraction of sp³-hybridized carbons (Fsp3) is 0.348. The van der Waals surface area contributed by atoms with Crippen LogP contribution < -0.4 is 0 Å². The molecule has 2 amide bonds. The number of carbonyl (C=O) groups excluding carboxylic acids is 3. The number of benzene rings is 2. The monoisotopic (exact) mass is 490 g/mol. The first-order valence-corrected chi connectivity index (χ1v) is 12.5. The van der Waals surface area contributed by atoms with Crippen LogP contribution in [0.5, 0.6) is 0 Å². The average Bonchev–Trinajstić information content (AvgIpc) is 3.07. The standard InChI is InChI=1S/C23H23ClN2O6S/c24-17-6-8-18(9-7-17)33(30,31)25-13-10-16(11-14-25)23(29)32-15-3-12-26-21(27)19-4-1-2-5-20(19)22(26)28/h1-2,4-9,16H,3,10-15H2. The first kappa shape index (κ1) is 23.4. The Morgan fingerprint density at radius 2 is 1.55 bits per heavy atom. The van der Waals surface area contributed by atoms with Crippen molar-refractivity contribution in [2.45, 2.75) is 24.2 Å². The van der Waals surface area contributed by atoms with Crippen LogP contribution in [0.4, 0.5) is 0 Å². The maximum Gasteiger partial charge on any atom is 0.309 e. The summed E-state index contributed by atoms with van der Waals surface area (Å²) in [6.45, 7) is 0.687. The van der Waals surface area contributed by atoms with Crippen LogP contribution in [0.1, 0.15) is 40.0 Å². The van der Waals surface area contributed by atoms with E-state index in [-0.39, 0.29) is 54.8 Å². The number of piperidine rings is 1. The van der Waals surface area contributed by atoms with Crippen LogP contribution in [0.25, 0.3) is 0 Å². The number of sulfonamides is 1. The number of carbonyl (C=O) groups is 3. The zero-order valence-corrected chi connectivity index (χ0v) is 19.3. The summed E-state index contributed by atoms with van der Waals surface area (Å²) in [6, 6.07) is 12.6. The van der Waals surface area contributed by atoms with Crippen molar-refractivity contribution in [2.75, 3.05) is 26.2 Å². The first-order chi connectivity index (χ1) is 15.8. The number of esters is 1. The Labute approximate surface area is 197 Å². The SMILES string of the molecule is O=C(OCCCN1C(=O)c2ccccc2C1=O)C1CCN(S(=O)(=O)c2ccc(Cl)cc2)CC1. The molecule has 33 heavy (non-hydrogen) atoms. The quantitative estimate of drug-likeness (QED) is 0.336. The zero-order chi connectivity index (χ0) is 23.6. The number of halogens is 1. The van der Waals surface area contributed by atoms with E-state index in [1.165, 1.54) is 33.5 Å². The lowest BCUT2D eigenvalue weighted by molar-refractivity contribution is -0.149. The third kappa shape index (κ3) is 4.80. The van der Waals surface area contributed by atoms with Crippen LogP contribution in [-0.4, -0.2) is 61.6 Å². The van der Waals surface area contributed by atoms with Gasteiger partial charge >= 0.3 is 5.97 Å². The highest BCUT2D eigenvalue weighted by molar-refractivity contribution is 7.89. The smallest absolute Gasteiger partial charge is 0.309 e. The summed E-state index contributed by atoms with van der Waals surface area (Å²) in [5, 5.41) is 0.457. The lowest BCUT2D eigenvalue weighted by Crippen LogP contribution is -2.40. The third-order valence-corrected chi connectivity index (χ3v) is 8.05. The molecule has 0 atom stereocenters. The number of hydrogen-bond donors (Lipinski definition) is 0. The topological polar surface area (TPSA) is 101 Å². The Bertz CT molecular complexity index is 1140. The molecule has 0 unspecified atom stereocenters. The fourth-order valence-electron chi connectivity index (χ4n) is 4.04. The van der Waals surface area contributed by atoms with Gasteiger partial charge in [-0.2, -0.15) is 4.31 Å². The molecule has 0 aliphatic carbocycles. The average molecular weight is 491 g/mol. The summed E-state index contributed by atoms with van der Waals surface area (Å²) in [6.07, 6.45) is 1.06. The van der Waals surface area contributed by atoms with Gasteiger partial charge in [-0.15, -0.1) is 0 Å². The molecule has 174 valence electrons. The molecule has 1 fully saturated rings. The lowest BCUT2D eigenvalue weighted by atomic mass is 9.98. The Morgan fingerprint density at radius 3 is 2.12 bits per heavy atom. The Kier molecular flexibility index (Phi) is 6.83. The highest BCUT2D eigenvalue weighted by Gasteiger charge is 2.35. The minimum atomic E-state index is -3.64. The van der Waals surface area contributed by atoms with Gasteiger partial charge < -0.3 is 4.74 Å². The highest BCUT2D eigenvalue weighted by Crippen LogP contribution is 2.26. The predicted molar refractivity (Wildman–Crippen MR) is 120 cm³/mol. The molecular formula is C23H23ClN2O6S. The molecule has 2 aromatic rings. The van der Waals surface area contributed by atoms with E-state index in [9.17, 15) is 22.8 Å². The van der Waals surface area contributed by atoms with Crippen molar-refractivity contribution in [1.29, 1.82) is 0 Å². The molecule has 2 aliphatic rings. The maximum atomic E-state index is 12.8. The van der Waals surface area contributed by atoms with Crippen molar-refractivity contribution in [3.63, 3.8) is 0 Å². The van der Waals surface area contributed by atoms with E-state index >= 15 is 0 Å². The largest absolute Gasteiger partial charge is 0.465 e. The molecule has 8 nitrogen and oxygen atoms in total. The summed E-state index contributed by atoms with van der Waals surface area (Å²) in [5.74, 6) is -1.45. The number of imide groups is 1. The van der Waals surface area contributed by atoms with Crippen molar-refractivity contribution >= 4 is 39.4 Å². The van der Waals surface area contributed by atoms with Crippen molar-refractivity contribution < 1.29 is 27.5 Å². The van der Waals surface area contributed by atoms with Gasteiger partial charge in [-0.3, -0.25) is 19.3 Å². The van der Waals surface area contributed by atoms with Gasteiger partial charge in [0.2, 0.25) is 10.0 Å². The minimum absolute atomic E-state index is 0.0789. The van der Waals surface area contributed by atoms with Crippen LogP contribution in [0, 0.1) is 5.92 Å². The third-order valence-electron chi connectivity index (χ3n) is 5.89. The molecular weight excluding hydrogens is 468 g/mol. The molecule has 0 saturated carbocycles. The van der Waals surface area contributed by atoms with Crippen LogP contribution in [-0.2, 0) is 19.6 Å². The second kappa shape index (κ2) is 9.62. The molecule has 0 radical (unpaired) electrons. The summed E-state index contributed by atoms with van der Waals surface area (Å²) < 4.78 is 32.2. The molecule has 2 aromatic carbocycles. The number of rotatable bonds is 7. The van der Waals surface area contributed by atoms with Crippen molar-refractivity contribution in [1.82, 2.24) is 9.21 Å². The Hall–Kier alpha value is -2.75. The van der Waals surface area contributed by atoms with Gasteiger partial charge in [0.15, 0.2) is 0 Å². The van der Waals surface area contributed by atoms with Crippen LogP contribution in [0.2, 0.25) is 5.02 Å². The van der Waals surface area contributed by atoms with Gasteiger partial charge in [-0.25, -0.2) is 8.42 Å². The van der Waals surface area contributed by atoms with E-state index in [1.807, 2.05) is 0 Å². The number of amides is 2. The van der Waals surface area contributed by atoms with Gasteiger partial charge in [0.25, 0.3) is 11.8 Å².